The maximum atomic E-state index is 11.9. The topological polar surface area (TPSA) is 34.0 Å². The smallest absolute Gasteiger partial charge is 0.224 e. The van der Waals surface area contributed by atoms with Gasteiger partial charge in [-0.25, -0.2) is 0 Å². The van der Waals surface area contributed by atoms with Crippen LogP contribution in [0.25, 0.3) is 0 Å². The maximum absolute atomic E-state index is 11.9. The molecule has 0 saturated carbocycles. The van der Waals surface area contributed by atoms with E-state index in [4.69, 9.17) is 0 Å². The van der Waals surface area contributed by atoms with E-state index in [-0.39, 0.29) is 5.91 Å². The SMILES string of the molecule is Cc1cc(CNC(=O)Cc2ccccc2)c(C)n1C. The third kappa shape index (κ3) is 3.25. The summed E-state index contributed by atoms with van der Waals surface area (Å²) in [6, 6.07) is 11.9. The second-order valence-corrected chi connectivity index (χ2v) is 4.89. The second kappa shape index (κ2) is 5.74. The summed E-state index contributed by atoms with van der Waals surface area (Å²) >= 11 is 0. The summed E-state index contributed by atoms with van der Waals surface area (Å²) in [5.74, 6) is 0.0621. The van der Waals surface area contributed by atoms with Crippen molar-refractivity contribution in [3.63, 3.8) is 0 Å². The Morgan fingerprint density at radius 3 is 2.47 bits per heavy atom. The Kier molecular flexibility index (Phi) is 4.05. The lowest BCUT2D eigenvalue weighted by atomic mass is 10.1. The van der Waals surface area contributed by atoms with Gasteiger partial charge in [-0.15, -0.1) is 0 Å². The summed E-state index contributed by atoms with van der Waals surface area (Å²) in [4.78, 5) is 11.9. The molecule has 1 heterocycles. The Bertz CT molecular complexity index is 570. The third-order valence-corrected chi connectivity index (χ3v) is 3.56. The number of amides is 1. The Morgan fingerprint density at radius 1 is 1.21 bits per heavy atom. The highest BCUT2D eigenvalue weighted by Crippen LogP contribution is 2.12. The molecule has 2 rings (SSSR count). The molecule has 0 aliphatic heterocycles. The summed E-state index contributed by atoms with van der Waals surface area (Å²) in [7, 11) is 2.04. The van der Waals surface area contributed by atoms with Gasteiger partial charge in [0.2, 0.25) is 5.91 Å². The molecule has 0 aliphatic carbocycles. The average Bonchev–Trinajstić information content (AvgIpc) is 2.65. The number of nitrogens with one attached hydrogen (secondary N) is 1. The minimum absolute atomic E-state index is 0.0621. The molecule has 3 heteroatoms. The fourth-order valence-corrected chi connectivity index (χ4v) is 2.15. The van der Waals surface area contributed by atoms with Gasteiger partial charge in [0.15, 0.2) is 0 Å². The van der Waals surface area contributed by atoms with Crippen molar-refractivity contribution in [1.82, 2.24) is 9.88 Å². The van der Waals surface area contributed by atoms with Crippen LogP contribution < -0.4 is 5.32 Å². The number of rotatable bonds is 4. The quantitative estimate of drug-likeness (QED) is 0.896. The van der Waals surface area contributed by atoms with Gasteiger partial charge >= 0.3 is 0 Å². The molecule has 1 N–H and O–H groups in total. The first-order valence-corrected chi connectivity index (χ1v) is 6.50. The Labute approximate surface area is 114 Å². The van der Waals surface area contributed by atoms with Crippen LogP contribution in [0, 0.1) is 13.8 Å². The van der Waals surface area contributed by atoms with Crippen molar-refractivity contribution in [1.29, 1.82) is 0 Å². The van der Waals surface area contributed by atoms with Crippen LogP contribution in [0.4, 0.5) is 0 Å². The molecule has 0 atom stereocenters. The number of hydrogen-bond acceptors (Lipinski definition) is 1. The summed E-state index contributed by atoms with van der Waals surface area (Å²) in [6.07, 6.45) is 0.436. The van der Waals surface area contributed by atoms with Gasteiger partial charge in [-0.2, -0.15) is 0 Å². The highest BCUT2D eigenvalue weighted by Gasteiger charge is 2.08. The lowest BCUT2D eigenvalue weighted by molar-refractivity contribution is -0.120. The van der Waals surface area contributed by atoms with Crippen molar-refractivity contribution in [2.24, 2.45) is 7.05 Å². The number of hydrogen-bond donors (Lipinski definition) is 1. The zero-order valence-electron chi connectivity index (χ0n) is 11.7. The molecule has 3 nitrogen and oxygen atoms in total. The molecule has 19 heavy (non-hydrogen) atoms. The van der Waals surface area contributed by atoms with Gasteiger partial charge in [0.1, 0.15) is 0 Å². The van der Waals surface area contributed by atoms with Crippen LogP contribution in [-0.2, 0) is 24.8 Å². The van der Waals surface area contributed by atoms with E-state index in [9.17, 15) is 4.79 Å². The number of carbonyl (C=O) groups is 1. The monoisotopic (exact) mass is 256 g/mol. The van der Waals surface area contributed by atoms with Crippen molar-refractivity contribution in [3.8, 4) is 0 Å². The van der Waals surface area contributed by atoms with Crippen LogP contribution >= 0.6 is 0 Å². The predicted molar refractivity (Wildman–Crippen MR) is 76.9 cm³/mol. The molecule has 2 aromatic rings. The van der Waals surface area contributed by atoms with Gasteiger partial charge in [-0.1, -0.05) is 30.3 Å². The molecule has 0 unspecified atom stereocenters. The summed E-state index contributed by atoms with van der Waals surface area (Å²) in [5.41, 5.74) is 4.64. The van der Waals surface area contributed by atoms with Gasteiger partial charge in [-0.3, -0.25) is 4.79 Å². The van der Waals surface area contributed by atoms with Crippen molar-refractivity contribution in [2.45, 2.75) is 26.8 Å². The number of carbonyl (C=O) groups excluding carboxylic acids is 1. The summed E-state index contributed by atoms with van der Waals surface area (Å²) in [5, 5.41) is 2.98. The molecular weight excluding hydrogens is 236 g/mol. The average molecular weight is 256 g/mol. The number of aryl methyl sites for hydroxylation is 1. The minimum atomic E-state index is 0.0621. The van der Waals surface area contributed by atoms with Crippen LogP contribution in [0.3, 0.4) is 0 Å². The number of benzene rings is 1. The van der Waals surface area contributed by atoms with E-state index in [0.29, 0.717) is 13.0 Å². The molecule has 1 amide bonds. The zero-order chi connectivity index (χ0) is 13.8. The van der Waals surface area contributed by atoms with Crippen LogP contribution in [0.5, 0.6) is 0 Å². The van der Waals surface area contributed by atoms with Crippen molar-refractivity contribution in [3.05, 3.63) is 58.9 Å². The molecule has 0 aliphatic rings. The summed E-state index contributed by atoms with van der Waals surface area (Å²) in [6.45, 7) is 4.74. The van der Waals surface area contributed by atoms with E-state index >= 15 is 0 Å². The fourth-order valence-electron chi connectivity index (χ4n) is 2.15. The third-order valence-electron chi connectivity index (χ3n) is 3.56. The number of nitrogens with zero attached hydrogens (tertiary/aromatic N) is 1. The Morgan fingerprint density at radius 2 is 1.89 bits per heavy atom. The van der Waals surface area contributed by atoms with Crippen molar-refractivity contribution < 1.29 is 4.79 Å². The predicted octanol–water partition coefficient (Wildman–Crippen LogP) is 2.50. The molecule has 0 spiro atoms. The first kappa shape index (κ1) is 13.4. The van der Waals surface area contributed by atoms with Gasteiger partial charge in [0.05, 0.1) is 6.42 Å². The highest BCUT2D eigenvalue weighted by molar-refractivity contribution is 5.78. The molecule has 0 radical (unpaired) electrons. The molecule has 100 valence electrons. The molecule has 1 aromatic heterocycles. The maximum Gasteiger partial charge on any atom is 0.224 e. The highest BCUT2D eigenvalue weighted by atomic mass is 16.1. The normalized spacial score (nSPS) is 10.5. The Hall–Kier alpha value is -2.03. The van der Waals surface area contributed by atoms with E-state index in [1.807, 2.05) is 37.4 Å². The van der Waals surface area contributed by atoms with E-state index in [1.165, 1.54) is 17.0 Å². The lowest BCUT2D eigenvalue weighted by Gasteiger charge is -2.06. The molecule has 0 saturated heterocycles. The lowest BCUT2D eigenvalue weighted by Crippen LogP contribution is -2.24. The molecule has 0 fully saturated rings. The van der Waals surface area contributed by atoms with Crippen molar-refractivity contribution in [2.75, 3.05) is 0 Å². The minimum Gasteiger partial charge on any atom is -0.352 e. The van der Waals surface area contributed by atoms with Crippen LogP contribution in [0.1, 0.15) is 22.5 Å². The fraction of sp³-hybridized carbons (Fsp3) is 0.312. The van der Waals surface area contributed by atoms with Gasteiger partial charge < -0.3 is 9.88 Å². The first-order valence-electron chi connectivity index (χ1n) is 6.50. The van der Waals surface area contributed by atoms with Crippen molar-refractivity contribution >= 4 is 5.91 Å². The molecule has 0 bridgehead atoms. The van der Waals surface area contributed by atoms with Gasteiger partial charge in [0.25, 0.3) is 0 Å². The standard InChI is InChI=1S/C16H20N2O/c1-12-9-15(13(2)18(12)3)11-17-16(19)10-14-7-5-4-6-8-14/h4-9H,10-11H2,1-3H3,(H,17,19). The summed E-state index contributed by atoms with van der Waals surface area (Å²) < 4.78 is 2.14. The largest absolute Gasteiger partial charge is 0.352 e. The van der Waals surface area contributed by atoms with E-state index in [1.54, 1.807) is 0 Å². The Balaban J connectivity index is 1.92. The second-order valence-electron chi connectivity index (χ2n) is 4.89. The van der Waals surface area contributed by atoms with E-state index in [2.05, 4.69) is 29.8 Å². The zero-order valence-corrected chi connectivity index (χ0v) is 11.7. The van der Waals surface area contributed by atoms with E-state index in [0.717, 1.165) is 5.56 Å². The number of aromatic nitrogens is 1. The van der Waals surface area contributed by atoms with Crippen LogP contribution in [0.15, 0.2) is 36.4 Å². The van der Waals surface area contributed by atoms with Gasteiger partial charge in [-0.05, 0) is 31.0 Å². The molecular formula is C16H20N2O. The van der Waals surface area contributed by atoms with E-state index < -0.39 is 0 Å². The first-order chi connectivity index (χ1) is 9.08. The van der Waals surface area contributed by atoms with Crippen LogP contribution in [-0.4, -0.2) is 10.5 Å². The molecule has 1 aromatic carbocycles. The van der Waals surface area contributed by atoms with Gasteiger partial charge in [0, 0.05) is 25.0 Å². The van der Waals surface area contributed by atoms with Crippen LogP contribution in [0.2, 0.25) is 0 Å².